The molecule has 0 spiro atoms. The van der Waals surface area contributed by atoms with Gasteiger partial charge in [-0.15, -0.1) is 0 Å². The molecule has 0 unspecified atom stereocenters. The predicted octanol–water partition coefficient (Wildman–Crippen LogP) is 5.29. The summed E-state index contributed by atoms with van der Waals surface area (Å²) in [7, 11) is -2.68. The van der Waals surface area contributed by atoms with Crippen molar-refractivity contribution < 1.29 is 23.9 Å². The van der Waals surface area contributed by atoms with E-state index in [1.807, 2.05) is 48.5 Å². The lowest BCUT2D eigenvalue weighted by Gasteiger charge is -2.43. The summed E-state index contributed by atoms with van der Waals surface area (Å²) in [6.45, 7) is 7.52. The summed E-state index contributed by atoms with van der Waals surface area (Å²) in [5.41, 5.74) is 0.868. The molecule has 0 radical (unpaired) electrons. The molecule has 2 bridgehead atoms. The minimum absolute atomic E-state index is 0.0706. The van der Waals surface area contributed by atoms with Crippen LogP contribution in [0, 0.1) is 29.6 Å². The highest BCUT2D eigenvalue weighted by Gasteiger charge is 2.59. The topological polar surface area (TPSA) is 83.9 Å². The number of carbonyl (C=O) groups excluding carboxylic acids is 3. The molecule has 2 aliphatic carbocycles. The van der Waals surface area contributed by atoms with E-state index >= 15 is 0 Å². The van der Waals surface area contributed by atoms with Crippen molar-refractivity contribution in [2.24, 2.45) is 29.6 Å². The van der Waals surface area contributed by atoms with Gasteiger partial charge in [-0.2, -0.15) is 0 Å². The highest BCUT2D eigenvalue weighted by molar-refractivity contribution is 6.99. The van der Waals surface area contributed by atoms with E-state index in [0.717, 1.165) is 18.4 Å². The van der Waals surface area contributed by atoms with E-state index in [1.165, 1.54) is 15.3 Å². The molecule has 1 heterocycles. The third kappa shape index (κ3) is 5.85. The molecule has 7 heteroatoms. The van der Waals surface area contributed by atoms with E-state index in [-0.39, 0.29) is 35.1 Å². The van der Waals surface area contributed by atoms with Gasteiger partial charge in [-0.05, 0) is 52.6 Å². The highest BCUT2D eigenvalue weighted by Crippen LogP contribution is 2.48. The number of hydrogen-bond donors (Lipinski definition) is 1. The Kier molecular flexibility index (Phi) is 9.28. The molecular weight excluding hydrogens is 591 g/mol. The number of allylic oxidation sites excluding steroid dienone is 1. The molecule has 3 aromatic carbocycles. The van der Waals surface area contributed by atoms with Crippen LogP contribution in [-0.4, -0.2) is 48.6 Å². The van der Waals surface area contributed by atoms with Crippen molar-refractivity contribution in [2.75, 3.05) is 6.61 Å². The van der Waals surface area contributed by atoms with Gasteiger partial charge in [-0.25, -0.2) is 0 Å². The number of likely N-dealkylation sites (tertiary alicyclic amines) is 1. The van der Waals surface area contributed by atoms with E-state index in [0.29, 0.717) is 19.4 Å². The molecule has 6 rings (SSSR count). The fourth-order valence-electron chi connectivity index (χ4n) is 8.29. The van der Waals surface area contributed by atoms with Gasteiger partial charge in [-0.3, -0.25) is 19.3 Å². The zero-order valence-electron chi connectivity index (χ0n) is 27.0. The van der Waals surface area contributed by atoms with Gasteiger partial charge in [0.25, 0.3) is 8.32 Å². The van der Waals surface area contributed by atoms with Crippen LogP contribution in [0.15, 0.2) is 103 Å². The van der Waals surface area contributed by atoms with Gasteiger partial charge in [0.15, 0.2) is 0 Å². The Labute approximate surface area is 273 Å². The molecule has 1 aliphatic heterocycles. The number of carbonyl (C=O) groups is 3. The highest BCUT2D eigenvalue weighted by atomic mass is 28.4. The standard InChI is InChI=1S/C39H45NO5Si/c1-39(2,3)46(29-19-9-5-10-20-29,30-21-11-6-12-22-30)45-24-14-18-28-17-13-23-33(41)35-34-32(25-31(28)36(35)42)37(43)40(38(34)44)26-27-15-7-4-8-16-27/h4-13,15-17,19-22,28,31-35,41H,14,18,23-26H2,1-3H3/b17-13-/t28-,31-,32-,33+,34-,35-/m0/s1. The molecule has 240 valence electrons. The number of benzene rings is 3. The Bertz CT molecular complexity index is 1530. The Morgan fingerprint density at radius 3 is 1.98 bits per heavy atom. The van der Waals surface area contributed by atoms with E-state index in [9.17, 15) is 19.5 Å². The molecule has 0 aromatic heterocycles. The van der Waals surface area contributed by atoms with Crippen LogP contribution in [0.25, 0.3) is 0 Å². The third-order valence-electron chi connectivity index (χ3n) is 10.4. The molecule has 46 heavy (non-hydrogen) atoms. The average molecular weight is 636 g/mol. The third-order valence-corrected chi connectivity index (χ3v) is 15.5. The predicted molar refractivity (Wildman–Crippen MR) is 182 cm³/mol. The fraction of sp³-hybridized carbons (Fsp3) is 0.410. The van der Waals surface area contributed by atoms with Crippen LogP contribution in [-0.2, 0) is 25.4 Å². The van der Waals surface area contributed by atoms with Crippen molar-refractivity contribution >= 4 is 36.3 Å². The molecule has 2 amide bonds. The SMILES string of the molecule is CC(C)(C)[Si](OCCC[C@@H]1/C=C\C[C@@H](O)[C@@H]2C(=O)[C@H]1C[C@@H]1C(=O)N(Cc3ccccc3)C(=O)[C@H]21)(c1ccccc1)c1ccccc1. The number of hydrogen-bond acceptors (Lipinski definition) is 5. The van der Waals surface area contributed by atoms with Gasteiger partial charge >= 0.3 is 0 Å². The Balaban J connectivity index is 1.21. The molecule has 1 saturated heterocycles. The zero-order valence-corrected chi connectivity index (χ0v) is 28.0. The van der Waals surface area contributed by atoms with Crippen LogP contribution >= 0.6 is 0 Å². The molecule has 1 N–H and O–H groups in total. The maximum absolute atomic E-state index is 14.1. The zero-order chi connectivity index (χ0) is 32.5. The number of nitrogens with zero attached hydrogens (tertiary/aromatic N) is 1. The van der Waals surface area contributed by atoms with Crippen LogP contribution in [0.1, 0.15) is 52.0 Å². The summed E-state index contributed by atoms with van der Waals surface area (Å²) in [5.74, 6) is -3.35. The number of ketones is 1. The van der Waals surface area contributed by atoms with Gasteiger partial charge in [-0.1, -0.05) is 124 Å². The molecule has 2 fully saturated rings. The van der Waals surface area contributed by atoms with Crippen LogP contribution in [0.5, 0.6) is 0 Å². The number of amides is 2. The molecular formula is C39H45NO5Si. The lowest BCUT2D eigenvalue weighted by molar-refractivity contribution is -0.148. The van der Waals surface area contributed by atoms with Crippen LogP contribution in [0.3, 0.4) is 0 Å². The van der Waals surface area contributed by atoms with Crippen LogP contribution in [0.2, 0.25) is 5.04 Å². The first kappa shape index (κ1) is 32.3. The number of aliphatic hydroxyl groups excluding tert-OH is 1. The molecule has 6 atom stereocenters. The first-order chi connectivity index (χ1) is 22.1. The van der Waals surface area contributed by atoms with Crippen LogP contribution < -0.4 is 10.4 Å². The largest absolute Gasteiger partial charge is 0.407 e. The summed E-state index contributed by atoms with van der Waals surface area (Å²) >= 11 is 0. The summed E-state index contributed by atoms with van der Waals surface area (Å²) in [6.07, 6.45) is 5.15. The molecule has 3 aromatic rings. The van der Waals surface area contributed by atoms with E-state index < -0.39 is 38.1 Å². The fourth-order valence-corrected chi connectivity index (χ4v) is 12.9. The maximum Gasteiger partial charge on any atom is 0.261 e. The van der Waals surface area contributed by atoms with Crippen molar-refractivity contribution in [3.8, 4) is 0 Å². The summed E-state index contributed by atoms with van der Waals surface area (Å²) < 4.78 is 7.12. The normalized spacial score (nSPS) is 27.2. The second-order valence-electron chi connectivity index (χ2n) is 14.2. The second kappa shape index (κ2) is 13.2. The van der Waals surface area contributed by atoms with Gasteiger partial charge < -0.3 is 9.53 Å². The smallest absolute Gasteiger partial charge is 0.261 e. The minimum Gasteiger partial charge on any atom is -0.407 e. The number of fused-ring (bicyclic) bond motifs is 4. The van der Waals surface area contributed by atoms with E-state index in [2.05, 4.69) is 75.4 Å². The second-order valence-corrected chi connectivity index (χ2v) is 18.5. The Morgan fingerprint density at radius 2 is 1.39 bits per heavy atom. The van der Waals surface area contributed by atoms with Gasteiger partial charge in [0.2, 0.25) is 11.8 Å². The van der Waals surface area contributed by atoms with Crippen molar-refractivity contribution in [3.05, 3.63) is 109 Å². The monoisotopic (exact) mass is 635 g/mol. The van der Waals surface area contributed by atoms with E-state index in [1.54, 1.807) is 0 Å². The lowest BCUT2D eigenvalue weighted by Crippen LogP contribution is -2.66. The first-order valence-corrected chi connectivity index (χ1v) is 18.6. The molecule has 1 saturated carbocycles. The first-order valence-electron chi connectivity index (χ1n) is 16.7. The Morgan fingerprint density at radius 1 is 0.804 bits per heavy atom. The summed E-state index contributed by atoms with van der Waals surface area (Å²) in [6, 6.07) is 30.6. The quantitative estimate of drug-likeness (QED) is 0.150. The number of rotatable bonds is 9. The average Bonchev–Trinajstić information content (AvgIpc) is 3.28. The molecule has 6 nitrogen and oxygen atoms in total. The maximum atomic E-state index is 14.1. The van der Waals surface area contributed by atoms with Crippen molar-refractivity contribution in [3.63, 3.8) is 0 Å². The number of Topliss-reactive ketones (excluding diaryl/α,β-unsaturated/α-hetero) is 1. The number of aliphatic hydroxyl groups is 1. The Hall–Kier alpha value is -3.65. The minimum atomic E-state index is -2.68. The van der Waals surface area contributed by atoms with Gasteiger partial charge in [0.05, 0.1) is 30.4 Å². The van der Waals surface area contributed by atoms with Crippen molar-refractivity contribution in [1.29, 1.82) is 0 Å². The van der Waals surface area contributed by atoms with Gasteiger partial charge in [0.1, 0.15) is 5.78 Å². The molecule has 3 aliphatic rings. The van der Waals surface area contributed by atoms with E-state index in [4.69, 9.17) is 4.43 Å². The number of imide groups is 1. The van der Waals surface area contributed by atoms with Crippen molar-refractivity contribution in [2.45, 2.75) is 64.1 Å². The van der Waals surface area contributed by atoms with Crippen LogP contribution in [0.4, 0.5) is 0 Å². The van der Waals surface area contributed by atoms with Gasteiger partial charge in [0, 0.05) is 12.5 Å². The lowest BCUT2D eigenvalue weighted by atomic mass is 9.61. The van der Waals surface area contributed by atoms with Crippen molar-refractivity contribution in [1.82, 2.24) is 4.90 Å². The summed E-state index contributed by atoms with van der Waals surface area (Å²) in [4.78, 5) is 42.7. The summed E-state index contributed by atoms with van der Waals surface area (Å²) in [5, 5.41) is 13.5.